The molecule has 0 aromatic carbocycles. The molecule has 3 rings (SSSR count). The molecule has 10 heteroatoms. The first-order valence-corrected chi connectivity index (χ1v) is 9.97. The van der Waals surface area contributed by atoms with Crippen molar-refractivity contribution in [1.82, 2.24) is 19.8 Å². The van der Waals surface area contributed by atoms with Gasteiger partial charge in [0.25, 0.3) is 6.43 Å². The van der Waals surface area contributed by atoms with Crippen LogP contribution in [0, 0.1) is 12.8 Å². The highest BCUT2D eigenvalue weighted by molar-refractivity contribution is 8.00. The summed E-state index contributed by atoms with van der Waals surface area (Å²) in [7, 11) is 1.65. The Balaban J connectivity index is 1.58. The van der Waals surface area contributed by atoms with Crippen LogP contribution in [0.5, 0.6) is 0 Å². The molecule has 0 radical (unpaired) electrons. The third-order valence-corrected chi connectivity index (χ3v) is 6.42. The third-order valence-electron chi connectivity index (χ3n) is 5.03. The molecule has 1 fully saturated rings. The molecular formula is C18H25F2N5O2S. The normalized spacial score (nSPS) is 16.0. The molecule has 0 aliphatic carbocycles. The van der Waals surface area contributed by atoms with Gasteiger partial charge in [-0.3, -0.25) is 10.00 Å². The van der Waals surface area contributed by atoms with Crippen molar-refractivity contribution >= 4 is 23.6 Å². The van der Waals surface area contributed by atoms with Gasteiger partial charge >= 0.3 is 6.03 Å². The lowest BCUT2D eigenvalue weighted by Gasteiger charge is -2.40. The van der Waals surface area contributed by atoms with Crippen LogP contribution in [0.1, 0.15) is 44.6 Å². The molecule has 0 bridgehead atoms. The minimum atomic E-state index is -2.59. The fourth-order valence-corrected chi connectivity index (χ4v) is 4.88. The summed E-state index contributed by atoms with van der Waals surface area (Å²) in [6.07, 6.45) is 0.659. The summed E-state index contributed by atoms with van der Waals surface area (Å²) >= 11 is 1.44. The number of anilines is 1. The van der Waals surface area contributed by atoms with Crippen LogP contribution in [0.3, 0.4) is 0 Å². The lowest BCUT2D eigenvalue weighted by atomic mass is 9.86. The average molecular weight is 413 g/mol. The second-order valence-corrected chi connectivity index (χ2v) is 9.27. The number of hydrogen-bond acceptors (Lipinski definition) is 5. The number of aryl methyl sites for hydroxylation is 2. The molecule has 0 unspecified atom stereocenters. The summed E-state index contributed by atoms with van der Waals surface area (Å²) in [5.41, 5.74) is -0.166. The van der Waals surface area contributed by atoms with Gasteiger partial charge in [0.05, 0.1) is 4.90 Å². The first-order chi connectivity index (χ1) is 13.2. The minimum Gasteiger partial charge on any atom is -0.360 e. The summed E-state index contributed by atoms with van der Waals surface area (Å²) in [6, 6.07) is 1.46. The molecule has 1 aliphatic rings. The van der Waals surface area contributed by atoms with Crippen LogP contribution in [-0.2, 0) is 7.05 Å². The predicted octanol–water partition coefficient (Wildman–Crippen LogP) is 4.47. The lowest BCUT2D eigenvalue weighted by molar-refractivity contribution is 0.142. The van der Waals surface area contributed by atoms with Crippen molar-refractivity contribution in [1.29, 1.82) is 0 Å². The number of amides is 2. The summed E-state index contributed by atoms with van der Waals surface area (Å²) < 4.78 is 32.6. The number of piperidine rings is 1. The van der Waals surface area contributed by atoms with Gasteiger partial charge in [-0.25, -0.2) is 13.6 Å². The zero-order valence-corrected chi connectivity index (χ0v) is 17.2. The number of likely N-dealkylation sites (tertiary alicyclic amines) is 1. The molecule has 1 aliphatic heterocycles. The largest absolute Gasteiger partial charge is 0.360 e. The van der Waals surface area contributed by atoms with Crippen LogP contribution < -0.4 is 5.32 Å². The molecule has 0 atom stereocenters. The highest BCUT2D eigenvalue weighted by Crippen LogP contribution is 2.44. The number of alkyl halides is 2. The third kappa shape index (κ3) is 4.65. The molecule has 1 saturated heterocycles. The first-order valence-electron chi connectivity index (χ1n) is 9.15. The summed E-state index contributed by atoms with van der Waals surface area (Å²) in [5, 5.41) is 10.4. The predicted molar refractivity (Wildman–Crippen MR) is 103 cm³/mol. The molecule has 3 heterocycles. The number of rotatable bonds is 5. The van der Waals surface area contributed by atoms with E-state index in [2.05, 4.69) is 29.4 Å². The number of urea groups is 1. The van der Waals surface area contributed by atoms with Crippen LogP contribution in [-0.4, -0.2) is 43.7 Å². The number of hydrogen-bond donors (Lipinski definition) is 1. The number of nitrogens with one attached hydrogen (secondary N) is 1. The van der Waals surface area contributed by atoms with Gasteiger partial charge in [0.15, 0.2) is 5.82 Å². The minimum absolute atomic E-state index is 0.166. The smallest absolute Gasteiger partial charge is 0.323 e. The molecule has 28 heavy (non-hydrogen) atoms. The summed E-state index contributed by atoms with van der Waals surface area (Å²) in [5.74, 6) is 1.32. The Hall–Kier alpha value is -2.10. The molecule has 0 spiro atoms. The number of carbonyl (C=O) groups excluding carboxylic acids is 1. The maximum Gasteiger partial charge on any atom is 0.323 e. The van der Waals surface area contributed by atoms with Gasteiger partial charge in [0, 0.05) is 37.1 Å². The monoisotopic (exact) mass is 413 g/mol. The summed E-state index contributed by atoms with van der Waals surface area (Å²) in [4.78, 5) is 14.6. The fourth-order valence-electron chi connectivity index (χ4n) is 3.47. The average Bonchev–Trinajstić information content (AvgIpc) is 3.19. The van der Waals surface area contributed by atoms with Crippen LogP contribution in [0.2, 0.25) is 0 Å². The Morgan fingerprint density at radius 3 is 2.64 bits per heavy atom. The van der Waals surface area contributed by atoms with Gasteiger partial charge < -0.3 is 9.42 Å². The Morgan fingerprint density at radius 2 is 2.07 bits per heavy atom. The first kappa shape index (κ1) is 20.6. The zero-order chi connectivity index (χ0) is 20.5. The Bertz CT molecular complexity index is 828. The van der Waals surface area contributed by atoms with Gasteiger partial charge in [-0.15, -0.1) is 11.8 Å². The molecule has 154 valence electrons. The Labute approximate surface area is 166 Å². The van der Waals surface area contributed by atoms with Gasteiger partial charge in [0.1, 0.15) is 11.5 Å². The zero-order valence-electron chi connectivity index (χ0n) is 16.4. The molecule has 2 aromatic rings. The second-order valence-electron chi connectivity index (χ2n) is 7.57. The van der Waals surface area contributed by atoms with Crippen molar-refractivity contribution in [2.45, 2.75) is 49.7 Å². The van der Waals surface area contributed by atoms with Gasteiger partial charge in [0.2, 0.25) is 0 Å². The van der Waals surface area contributed by atoms with E-state index >= 15 is 0 Å². The highest BCUT2D eigenvalue weighted by atomic mass is 32.2. The van der Waals surface area contributed by atoms with Crippen molar-refractivity contribution in [2.24, 2.45) is 13.0 Å². The number of halogens is 2. The SMILES string of the molecule is Cc1cc(NC(=O)N2CCC(C(C)(C)Sc3cn(C)nc3C(F)F)CC2)no1. The van der Waals surface area contributed by atoms with E-state index < -0.39 is 6.43 Å². The van der Waals surface area contributed by atoms with Crippen molar-refractivity contribution in [3.05, 3.63) is 23.7 Å². The molecule has 2 aromatic heterocycles. The van der Waals surface area contributed by atoms with Crippen LogP contribution in [0.4, 0.5) is 19.4 Å². The van der Waals surface area contributed by atoms with Crippen LogP contribution in [0.15, 0.2) is 21.7 Å². The van der Waals surface area contributed by atoms with E-state index in [1.54, 1.807) is 31.1 Å². The summed E-state index contributed by atoms with van der Waals surface area (Å²) in [6.45, 7) is 7.10. The van der Waals surface area contributed by atoms with Crippen molar-refractivity contribution in [2.75, 3.05) is 18.4 Å². The Morgan fingerprint density at radius 1 is 1.39 bits per heavy atom. The van der Waals surface area contributed by atoms with Crippen molar-refractivity contribution in [3.8, 4) is 0 Å². The number of carbonyl (C=O) groups is 1. The molecule has 0 saturated carbocycles. The van der Waals surface area contributed by atoms with Gasteiger partial charge in [-0.2, -0.15) is 5.10 Å². The molecular weight excluding hydrogens is 388 g/mol. The van der Waals surface area contributed by atoms with E-state index in [1.807, 2.05) is 0 Å². The lowest BCUT2D eigenvalue weighted by Crippen LogP contribution is -2.44. The van der Waals surface area contributed by atoms with E-state index in [0.717, 1.165) is 12.8 Å². The van der Waals surface area contributed by atoms with Crippen LogP contribution >= 0.6 is 11.8 Å². The molecule has 1 N–H and O–H groups in total. The number of thioether (sulfide) groups is 1. The fraction of sp³-hybridized carbons (Fsp3) is 0.611. The van der Waals surface area contributed by atoms with Gasteiger partial charge in [-0.05, 0) is 25.7 Å². The van der Waals surface area contributed by atoms with Gasteiger partial charge in [-0.1, -0.05) is 19.0 Å². The maximum atomic E-state index is 13.2. The Kier molecular flexibility index (Phi) is 5.97. The van der Waals surface area contributed by atoms with E-state index in [-0.39, 0.29) is 16.5 Å². The quantitative estimate of drug-likeness (QED) is 0.732. The van der Waals surface area contributed by atoms with Crippen molar-refractivity contribution < 1.29 is 18.1 Å². The highest BCUT2D eigenvalue weighted by Gasteiger charge is 2.36. The topological polar surface area (TPSA) is 76.2 Å². The van der Waals surface area contributed by atoms with Crippen LogP contribution in [0.25, 0.3) is 0 Å². The standard InChI is InChI=1S/C18H25F2N5O2S/c1-11-9-14(23-27-11)21-17(26)25-7-5-12(6-8-25)18(2,3)28-13-10-24(4)22-15(13)16(19)20/h9-10,12,16H,5-8H2,1-4H3,(H,21,23,26). The number of nitrogens with zero attached hydrogens (tertiary/aromatic N) is 4. The maximum absolute atomic E-state index is 13.2. The molecule has 7 nitrogen and oxygen atoms in total. The van der Waals surface area contributed by atoms with E-state index in [9.17, 15) is 13.6 Å². The molecule has 2 amide bonds. The van der Waals surface area contributed by atoms with E-state index in [1.165, 1.54) is 16.4 Å². The number of aromatic nitrogens is 3. The second kappa shape index (κ2) is 8.10. The van der Waals surface area contributed by atoms with E-state index in [4.69, 9.17) is 4.52 Å². The van der Waals surface area contributed by atoms with E-state index in [0.29, 0.717) is 35.5 Å². The van der Waals surface area contributed by atoms with Crippen molar-refractivity contribution in [3.63, 3.8) is 0 Å².